The zero-order valence-electron chi connectivity index (χ0n) is 15.6. The van der Waals surface area contributed by atoms with Gasteiger partial charge >= 0.3 is 0 Å². The van der Waals surface area contributed by atoms with Crippen LogP contribution in [0.2, 0.25) is 0 Å². The molecular weight excluding hydrogens is 406 g/mol. The number of carbonyl (C=O) groups is 1. The molecule has 0 saturated heterocycles. The first-order valence-electron chi connectivity index (χ1n) is 8.75. The van der Waals surface area contributed by atoms with Crippen LogP contribution >= 0.6 is 0 Å². The molecule has 3 rings (SSSR count). The predicted octanol–water partition coefficient (Wildman–Crippen LogP) is 4.05. The molecule has 0 radical (unpaired) electrons. The molecule has 3 aromatic rings. The van der Waals surface area contributed by atoms with Gasteiger partial charge in [-0.25, -0.2) is 8.42 Å². The number of hydrogen-bond acceptors (Lipinski definition) is 5. The van der Waals surface area contributed by atoms with Crippen molar-refractivity contribution in [1.29, 1.82) is 0 Å². The van der Waals surface area contributed by atoms with E-state index in [0.29, 0.717) is 16.9 Å². The van der Waals surface area contributed by atoms with Crippen molar-refractivity contribution in [3.8, 4) is 0 Å². The molecule has 30 heavy (non-hydrogen) atoms. The topological polar surface area (TPSA) is 118 Å². The zero-order chi connectivity index (χ0) is 21.6. The SMILES string of the molecule is O=C(/C=C/c1ccc([N+](=O)[O-])cc1)Nc1ccc(S(=O)(=O)Nc2ccccc2)cc1. The highest BCUT2D eigenvalue weighted by atomic mass is 32.2. The third kappa shape index (κ3) is 5.52. The molecule has 2 N–H and O–H groups in total. The van der Waals surface area contributed by atoms with Crippen molar-refractivity contribution >= 4 is 39.1 Å². The number of non-ortho nitro benzene ring substituents is 1. The lowest BCUT2D eigenvalue weighted by Gasteiger charge is -2.09. The van der Waals surface area contributed by atoms with E-state index in [0.717, 1.165) is 0 Å². The highest BCUT2D eigenvalue weighted by Crippen LogP contribution is 2.18. The number of rotatable bonds is 7. The lowest BCUT2D eigenvalue weighted by atomic mass is 10.2. The number of sulfonamides is 1. The third-order valence-corrected chi connectivity index (χ3v) is 5.39. The van der Waals surface area contributed by atoms with E-state index in [1.165, 1.54) is 60.7 Å². The summed E-state index contributed by atoms with van der Waals surface area (Å²) < 4.78 is 27.3. The molecule has 152 valence electrons. The Hall–Kier alpha value is -3.98. The van der Waals surface area contributed by atoms with Crippen molar-refractivity contribution < 1.29 is 18.1 Å². The van der Waals surface area contributed by atoms with Crippen LogP contribution in [-0.4, -0.2) is 19.2 Å². The summed E-state index contributed by atoms with van der Waals surface area (Å²) in [7, 11) is -3.74. The predicted molar refractivity (Wildman–Crippen MR) is 114 cm³/mol. The van der Waals surface area contributed by atoms with Crippen molar-refractivity contribution in [2.75, 3.05) is 10.0 Å². The van der Waals surface area contributed by atoms with Gasteiger partial charge in [-0.15, -0.1) is 0 Å². The van der Waals surface area contributed by atoms with Crippen LogP contribution in [0.5, 0.6) is 0 Å². The van der Waals surface area contributed by atoms with Crippen LogP contribution in [0.15, 0.2) is 89.8 Å². The smallest absolute Gasteiger partial charge is 0.269 e. The number of nitro benzene ring substituents is 1. The molecule has 0 saturated carbocycles. The minimum atomic E-state index is -3.74. The van der Waals surface area contributed by atoms with Crippen LogP contribution in [0.3, 0.4) is 0 Å². The van der Waals surface area contributed by atoms with E-state index < -0.39 is 20.9 Å². The Labute approximate surface area is 173 Å². The third-order valence-electron chi connectivity index (χ3n) is 3.99. The van der Waals surface area contributed by atoms with Gasteiger partial charge in [-0.1, -0.05) is 18.2 Å². The molecule has 0 aliphatic heterocycles. The van der Waals surface area contributed by atoms with E-state index in [-0.39, 0.29) is 10.6 Å². The van der Waals surface area contributed by atoms with Crippen LogP contribution in [-0.2, 0) is 14.8 Å². The van der Waals surface area contributed by atoms with E-state index in [9.17, 15) is 23.3 Å². The van der Waals surface area contributed by atoms with Crippen molar-refractivity contribution in [3.05, 3.63) is 101 Å². The lowest BCUT2D eigenvalue weighted by Crippen LogP contribution is -2.13. The Morgan fingerprint density at radius 3 is 2.10 bits per heavy atom. The zero-order valence-corrected chi connectivity index (χ0v) is 16.4. The van der Waals surface area contributed by atoms with Gasteiger partial charge in [-0.3, -0.25) is 19.6 Å². The Bertz CT molecular complexity index is 1170. The van der Waals surface area contributed by atoms with Gasteiger partial charge in [-0.05, 0) is 60.2 Å². The van der Waals surface area contributed by atoms with Gasteiger partial charge in [0.25, 0.3) is 15.7 Å². The molecule has 9 heteroatoms. The van der Waals surface area contributed by atoms with Crippen molar-refractivity contribution in [1.82, 2.24) is 0 Å². The molecule has 0 spiro atoms. The first-order valence-corrected chi connectivity index (χ1v) is 10.2. The van der Waals surface area contributed by atoms with E-state index in [1.807, 2.05) is 0 Å². The number of amides is 1. The number of carbonyl (C=O) groups excluding carboxylic acids is 1. The van der Waals surface area contributed by atoms with Crippen molar-refractivity contribution in [2.24, 2.45) is 0 Å². The Kier molecular flexibility index (Phi) is 6.23. The van der Waals surface area contributed by atoms with E-state index in [4.69, 9.17) is 0 Å². The Morgan fingerprint density at radius 2 is 1.50 bits per heavy atom. The quantitative estimate of drug-likeness (QED) is 0.338. The summed E-state index contributed by atoms with van der Waals surface area (Å²) in [4.78, 5) is 22.2. The summed E-state index contributed by atoms with van der Waals surface area (Å²) in [5.41, 5.74) is 1.47. The molecule has 3 aromatic carbocycles. The normalized spacial score (nSPS) is 11.2. The summed E-state index contributed by atoms with van der Waals surface area (Å²) >= 11 is 0. The van der Waals surface area contributed by atoms with Crippen molar-refractivity contribution in [3.63, 3.8) is 0 Å². The highest BCUT2D eigenvalue weighted by molar-refractivity contribution is 7.92. The molecule has 0 aromatic heterocycles. The van der Waals surface area contributed by atoms with Gasteiger partial charge in [0.15, 0.2) is 0 Å². The number of hydrogen-bond donors (Lipinski definition) is 2. The van der Waals surface area contributed by atoms with Gasteiger partial charge in [0.1, 0.15) is 0 Å². The highest BCUT2D eigenvalue weighted by Gasteiger charge is 2.14. The largest absolute Gasteiger partial charge is 0.323 e. The average Bonchev–Trinajstić information content (AvgIpc) is 2.73. The van der Waals surface area contributed by atoms with Crippen molar-refractivity contribution in [2.45, 2.75) is 4.90 Å². The molecule has 1 amide bonds. The number of nitrogens with one attached hydrogen (secondary N) is 2. The van der Waals surface area contributed by atoms with Crippen LogP contribution in [0.1, 0.15) is 5.56 Å². The summed E-state index contributed by atoms with van der Waals surface area (Å²) in [5, 5.41) is 13.3. The second kappa shape index (κ2) is 9.01. The van der Waals surface area contributed by atoms with Gasteiger partial charge in [0, 0.05) is 29.6 Å². The minimum Gasteiger partial charge on any atom is -0.323 e. The van der Waals surface area contributed by atoms with Crippen LogP contribution < -0.4 is 10.0 Å². The summed E-state index contributed by atoms with van der Waals surface area (Å²) in [6, 6.07) is 20.0. The monoisotopic (exact) mass is 423 g/mol. The van der Waals surface area contributed by atoms with E-state index in [2.05, 4.69) is 10.0 Å². The fraction of sp³-hybridized carbons (Fsp3) is 0. The number of benzene rings is 3. The fourth-order valence-corrected chi connectivity index (χ4v) is 3.56. The first kappa shape index (κ1) is 20.7. The average molecular weight is 423 g/mol. The fourth-order valence-electron chi connectivity index (χ4n) is 2.50. The van der Waals surface area contributed by atoms with E-state index >= 15 is 0 Å². The summed E-state index contributed by atoms with van der Waals surface area (Å²) in [6.07, 6.45) is 2.80. The summed E-state index contributed by atoms with van der Waals surface area (Å²) in [5.74, 6) is -0.425. The number of nitrogens with zero attached hydrogens (tertiary/aromatic N) is 1. The lowest BCUT2D eigenvalue weighted by molar-refractivity contribution is -0.384. The Morgan fingerprint density at radius 1 is 0.867 bits per heavy atom. The number of nitro groups is 1. The second-order valence-electron chi connectivity index (χ2n) is 6.17. The van der Waals surface area contributed by atoms with E-state index in [1.54, 1.807) is 30.3 Å². The van der Waals surface area contributed by atoms with Crippen LogP contribution in [0.4, 0.5) is 17.1 Å². The molecule has 8 nitrogen and oxygen atoms in total. The van der Waals surface area contributed by atoms with Gasteiger partial charge < -0.3 is 5.32 Å². The molecule has 0 atom stereocenters. The Balaban J connectivity index is 1.62. The maximum absolute atomic E-state index is 12.4. The second-order valence-corrected chi connectivity index (χ2v) is 7.85. The van der Waals surface area contributed by atoms with Crippen LogP contribution in [0.25, 0.3) is 6.08 Å². The molecule has 0 unspecified atom stereocenters. The maximum atomic E-state index is 12.4. The van der Waals surface area contributed by atoms with Crippen LogP contribution in [0, 0.1) is 10.1 Å². The standard InChI is InChI=1S/C21H17N3O5S/c25-21(15-8-16-6-11-19(12-7-16)24(26)27)22-17-9-13-20(14-10-17)30(28,29)23-18-4-2-1-3-5-18/h1-15,23H,(H,22,25)/b15-8+. The molecule has 0 bridgehead atoms. The summed E-state index contributed by atoms with van der Waals surface area (Å²) in [6.45, 7) is 0. The molecule has 0 aliphatic rings. The number of anilines is 2. The minimum absolute atomic E-state index is 0.0339. The maximum Gasteiger partial charge on any atom is 0.269 e. The molecule has 0 aliphatic carbocycles. The van der Waals surface area contributed by atoms with Gasteiger partial charge in [0.2, 0.25) is 5.91 Å². The first-order chi connectivity index (χ1) is 14.3. The molecule has 0 fully saturated rings. The number of para-hydroxylation sites is 1. The van der Waals surface area contributed by atoms with Gasteiger partial charge in [-0.2, -0.15) is 0 Å². The van der Waals surface area contributed by atoms with Gasteiger partial charge in [0.05, 0.1) is 9.82 Å². The molecular formula is C21H17N3O5S. The molecule has 0 heterocycles.